The van der Waals surface area contributed by atoms with Gasteiger partial charge in [-0.3, -0.25) is 9.36 Å². The van der Waals surface area contributed by atoms with E-state index < -0.39 is 0 Å². The van der Waals surface area contributed by atoms with Gasteiger partial charge in [0.2, 0.25) is 5.78 Å². The van der Waals surface area contributed by atoms with Crippen molar-refractivity contribution in [3.05, 3.63) is 113 Å². The molecule has 0 radical (unpaired) electrons. The van der Waals surface area contributed by atoms with Crippen LogP contribution in [0.5, 0.6) is 0 Å². The maximum Gasteiger partial charge on any atom is 0.267 e. The van der Waals surface area contributed by atoms with Crippen molar-refractivity contribution in [3.8, 4) is 16.9 Å². The molecule has 0 amide bonds. The van der Waals surface area contributed by atoms with Crippen molar-refractivity contribution in [2.75, 3.05) is 0 Å². The van der Waals surface area contributed by atoms with Crippen LogP contribution in [-0.2, 0) is 0 Å². The molecule has 6 rings (SSSR count). The van der Waals surface area contributed by atoms with Gasteiger partial charge in [0, 0.05) is 17.4 Å². The monoisotopic (exact) mass is 401 g/mol. The van der Waals surface area contributed by atoms with E-state index in [4.69, 9.17) is 4.98 Å². The quantitative estimate of drug-likeness (QED) is 0.370. The number of benzene rings is 4. The Kier molecular flexibility index (Phi) is 3.80. The van der Waals surface area contributed by atoms with Gasteiger partial charge in [0.15, 0.2) is 0 Å². The number of rotatable bonds is 2. The van der Waals surface area contributed by atoms with Crippen LogP contribution < -0.4 is 5.56 Å². The Hall–Kier alpha value is -4.18. The molecule has 0 unspecified atom stereocenters. The van der Waals surface area contributed by atoms with E-state index in [1.165, 1.54) is 10.9 Å². The number of hydrogen-bond acceptors (Lipinski definition) is 2. The van der Waals surface area contributed by atoms with Crippen LogP contribution in [-0.4, -0.2) is 14.0 Å². The summed E-state index contributed by atoms with van der Waals surface area (Å²) < 4.78 is 3.73. The summed E-state index contributed by atoms with van der Waals surface area (Å²) in [6.45, 7) is 2.06. The number of hydrogen-bond donors (Lipinski definition) is 0. The summed E-state index contributed by atoms with van der Waals surface area (Å²) in [5, 5.41) is 2.92. The van der Waals surface area contributed by atoms with Gasteiger partial charge in [-0.25, -0.2) is 9.38 Å². The van der Waals surface area contributed by atoms with E-state index in [2.05, 4.69) is 61.5 Å². The fraction of sp³-hybridized carbons (Fsp3) is 0.0370. The van der Waals surface area contributed by atoms with Gasteiger partial charge in [-0.1, -0.05) is 66.2 Å². The average molecular weight is 401 g/mol. The zero-order valence-electron chi connectivity index (χ0n) is 17.0. The normalized spacial score (nSPS) is 11.5. The first-order chi connectivity index (χ1) is 15.2. The largest absolute Gasteiger partial charge is 0.285 e. The molecular formula is C27H19N3O. The maximum absolute atomic E-state index is 13.6. The van der Waals surface area contributed by atoms with Crippen molar-refractivity contribution in [1.29, 1.82) is 0 Å². The van der Waals surface area contributed by atoms with Gasteiger partial charge >= 0.3 is 0 Å². The van der Waals surface area contributed by atoms with Crippen LogP contribution in [0.4, 0.5) is 0 Å². The maximum atomic E-state index is 13.6. The minimum atomic E-state index is -0.0605. The van der Waals surface area contributed by atoms with E-state index in [-0.39, 0.29) is 5.56 Å². The van der Waals surface area contributed by atoms with Crippen LogP contribution in [0, 0.1) is 6.92 Å². The van der Waals surface area contributed by atoms with Gasteiger partial charge in [-0.05, 0) is 48.0 Å². The molecule has 148 valence electrons. The number of aryl methyl sites for hydroxylation is 1. The SMILES string of the molecule is Cc1ccc(-n2cc(-c3ccc4ccccc4c3)n3c(=O)c4ccccc4nc23)cc1. The Morgan fingerprint density at radius 2 is 1.52 bits per heavy atom. The summed E-state index contributed by atoms with van der Waals surface area (Å²) in [5.41, 5.74) is 4.60. The lowest BCUT2D eigenvalue weighted by Gasteiger charge is -2.06. The van der Waals surface area contributed by atoms with Crippen molar-refractivity contribution in [1.82, 2.24) is 14.0 Å². The topological polar surface area (TPSA) is 39.3 Å². The van der Waals surface area contributed by atoms with E-state index in [1.807, 2.05) is 47.2 Å². The molecule has 0 bridgehead atoms. The fourth-order valence-electron chi connectivity index (χ4n) is 4.19. The summed E-state index contributed by atoms with van der Waals surface area (Å²) in [5.74, 6) is 0.607. The predicted molar refractivity (Wildman–Crippen MR) is 126 cm³/mol. The number of para-hydroxylation sites is 1. The minimum absolute atomic E-state index is 0.0605. The highest BCUT2D eigenvalue weighted by Gasteiger charge is 2.17. The smallest absolute Gasteiger partial charge is 0.267 e. The standard InChI is InChI=1S/C27H19N3O/c1-18-10-14-22(15-11-18)29-17-25(21-13-12-19-6-2-3-7-20(19)16-21)30-26(31)23-8-4-5-9-24(23)28-27(29)30/h2-17H,1H3. The molecule has 6 aromatic rings. The first-order valence-electron chi connectivity index (χ1n) is 10.3. The van der Waals surface area contributed by atoms with Gasteiger partial charge in [-0.2, -0.15) is 0 Å². The van der Waals surface area contributed by atoms with E-state index in [0.717, 1.165) is 22.3 Å². The fourth-order valence-corrected chi connectivity index (χ4v) is 4.19. The molecule has 0 aliphatic rings. The highest BCUT2D eigenvalue weighted by Crippen LogP contribution is 2.28. The molecule has 0 spiro atoms. The van der Waals surface area contributed by atoms with E-state index in [0.29, 0.717) is 16.7 Å². The number of imidazole rings is 1. The molecule has 0 saturated heterocycles. The lowest BCUT2D eigenvalue weighted by molar-refractivity contribution is 1.03. The zero-order chi connectivity index (χ0) is 20.9. The third kappa shape index (κ3) is 2.76. The van der Waals surface area contributed by atoms with Crippen LogP contribution in [0.3, 0.4) is 0 Å². The molecule has 2 heterocycles. The number of aromatic nitrogens is 3. The minimum Gasteiger partial charge on any atom is -0.285 e. The predicted octanol–water partition coefficient (Wildman–Crippen LogP) is 5.77. The first kappa shape index (κ1) is 17.7. The first-order valence-corrected chi connectivity index (χ1v) is 10.3. The molecule has 0 saturated carbocycles. The molecule has 2 aromatic heterocycles. The highest BCUT2D eigenvalue weighted by molar-refractivity contribution is 5.87. The Labute approximate surface area is 178 Å². The Morgan fingerprint density at radius 3 is 2.35 bits per heavy atom. The Balaban J connectivity index is 1.73. The Bertz CT molecular complexity index is 1660. The Morgan fingerprint density at radius 1 is 0.774 bits per heavy atom. The second-order valence-corrected chi connectivity index (χ2v) is 7.85. The lowest BCUT2D eigenvalue weighted by atomic mass is 10.1. The summed E-state index contributed by atoms with van der Waals surface area (Å²) in [6, 6.07) is 30.3. The molecule has 4 heteroatoms. The third-order valence-electron chi connectivity index (χ3n) is 5.82. The molecule has 31 heavy (non-hydrogen) atoms. The molecule has 0 N–H and O–H groups in total. The van der Waals surface area contributed by atoms with Crippen LogP contribution >= 0.6 is 0 Å². The van der Waals surface area contributed by atoms with Crippen LogP contribution in [0.25, 0.3) is 44.4 Å². The van der Waals surface area contributed by atoms with Crippen molar-refractivity contribution < 1.29 is 0 Å². The van der Waals surface area contributed by atoms with E-state index >= 15 is 0 Å². The second kappa shape index (κ2) is 6.67. The highest BCUT2D eigenvalue weighted by atomic mass is 16.1. The van der Waals surface area contributed by atoms with Gasteiger partial charge in [0.25, 0.3) is 5.56 Å². The molecule has 0 atom stereocenters. The second-order valence-electron chi connectivity index (χ2n) is 7.85. The number of fused-ring (bicyclic) bond motifs is 3. The molecule has 0 aliphatic heterocycles. The van der Waals surface area contributed by atoms with Gasteiger partial charge in [-0.15, -0.1) is 0 Å². The van der Waals surface area contributed by atoms with Gasteiger partial charge in [0.1, 0.15) is 0 Å². The van der Waals surface area contributed by atoms with Gasteiger partial charge < -0.3 is 0 Å². The lowest BCUT2D eigenvalue weighted by Crippen LogP contribution is -2.16. The molecular weight excluding hydrogens is 382 g/mol. The third-order valence-corrected chi connectivity index (χ3v) is 5.82. The summed E-state index contributed by atoms with van der Waals surface area (Å²) in [7, 11) is 0. The zero-order valence-corrected chi connectivity index (χ0v) is 17.0. The summed E-state index contributed by atoms with van der Waals surface area (Å²) in [4.78, 5) is 18.4. The van der Waals surface area contributed by atoms with Crippen LogP contribution in [0.2, 0.25) is 0 Å². The van der Waals surface area contributed by atoms with Crippen molar-refractivity contribution in [2.45, 2.75) is 6.92 Å². The van der Waals surface area contributed by atoms with E-state index in [9.17, 15) is 4.79 Å². The molecule has 0 aliphatic carbocycles. The van der Waals surface area contributed by atoms with Crippen molar-refractivity contribution in [3.63, 3.8) is 0 Å². The summed E-state index contributed by atoms with van der Waals surface area (Å²) in [6.07, 6.45) is 2.01. The average Bonchev–Trinajstić information content (AvgIpc) is 3.19. The molecule has 0 fully saturated rings. The summed E-state index contributed by atoms with van der Waals surface area (Å²) >= 11 is 0. The molecule has 4 nitrogen and oxygen atoms in total. The van der Waals surface area contributed by atoms with Crippen molar-refractivity contribution in [2.24, 2.45) is 0 Å². The van der Waals surface area contributed by atoms with Gasteiger partial charge in [0.05, 0.1) is 16.6 Å². The number of nitrogens with zero attached hydrogens (tertiary/aromatic N) is 3. The van der Waals surface area contributed by atoms with Crippen molar-refractivity contribution >= 4 is 27.5 Å². The molecule has 4 aromatic carbocycles. The van der Waals surface area contributed by atoms with Crippen LogP contribution in [0.1, 0.15) is 5.56 Å². The van der Waals surface area contributed by atoms with Crippen LogP contribution in [0.15, 0.2) is 102 Å². The van der Waals surface area contributed by atoms with E-state index in [1.54, 1.807) is 4.40 Å².